The third-order valence-electron chi connectivity index (χ3n) is 2.90. The molecule has 20 heavy (non-hydrogen) atoms. The lowest BCUT2D eigenvalue weighted by atomic mass is 10.1. The van der Waals surface area contributed by atoms with Crippen molar-refractivity contribution in [3.8, 4) is 0 Å². The van der Waals surface area contributed by atoms with Crippen molar-refractivity contribution >= 4 is 50.7 Å². The number of rotatable bonds is 5. The van der Waals surface area contributed by atoms with E-state index in [0.29, 0.717) is 10.0 Å². The average molecular weight is 394 g/mol. The van der Waals surface area contributed by atoms with Crippen LogP contribution in [0, 0.1) is 0 Å². The molecule has 106 valence electrons. The number of hydrogen-bond acceptors (Lipinski definition) is 1. The SMILES string of the molecule is Clc1ccc(CCNCc2ccc(Br)c(Cl)c2)c(Cl)c1. The van der Waals surface area contributed by atoms with Crippen LogP contribution in [0.3, 0.4) is 0 Å². The van der Waals surface area contributed by atoms with Gasteiger partial charge in [0.1, 0.15) is 0 Å². The Bertz CT molecular complexity index is 602. The third-order valence-corrected chi connectivity index (χ3v) is 4.72. The Morgan fingerprint density at radius 1 is 0.950 bits per heavy atom. The molecular weight excluding hydrogens is 380 g/mol. The Labute approximate surface area is 142 Å². The van der Waals surface area contributed by atoms with Crippen molar-refractivity contribution in [1.29, 1.82) is 0 Å². The average Bonchev–Trinajstić information content (AvgIpc) is 2.40. The first-order valence-corrected chi connectivity index (χ1v) is 8.07. The first kappa shape index (κ1) is 16.1. The minimum Gasteiger partial charge on any atom is -0.312 e. The van der Waals surface area contributed by atoms with Gasteiger partial charge in [0.05, 0.1) is 5.02 Å². The predicted molar refractivity (Wildman–Crippen MR) is 91.0 cm³/mol. The molecule has 2 aromatic carbocycles. The van der Waals surface area contributed by atoms with Gasteiger partial charge in [0.25, 0.3) is 0 Å². The molecule has 0 spiro atoms. The number of benzene rings is 2. The molecule has 0 bridgehead atoms. The maximum absolute atomic E-state index is 6.13. The second-order valence-corrected chi connectivity index (χ2v) is 6.52. The van der Waals surface area contributed by atoms with E-state index in [1.54, 1.807) is 6.07 Å². The molecule has 0 heterocycles. The van der Waals surface area contributed by atoms with Crippen molar-refractivity contribution in [1.82, 2.24) is 5.32 Å². The van der Waals surface area contributed by atoms with Gasteiger partial charge in [0, 0.05) is 21.1 Å². The highest BCUT2D eigenvalue weighted by Crippen LogP contribution is 2.23. The minimum absolute atomic E-state index is 0.663. The van der Waals surface area contributed by atoms with E-state index < -0.39 is 0 Å². The fraction of sp³-hybridized carbons (Fsp3) is 0.200. The summed E-state index contributed by atoms with van der Waals surface area (Å²) < 4.78 is 0.913. The van der Waals surface area contributed by atoms with Gasteiger partial charge in [-0.1, -0.05) is 46.9 Å². The number of halogens is 4. The van der Waals surface area contributed by atoms with Gasteiger partial charge in [-0.2, -0.15) is 0 Å². The van der Waals surface area contributed by atoms with Crippen LogP contribution in [0.15, 0.2) is 40.9 Å². The standard InChI is InChI=1S/C15H13BrCl3N/c16-13-4-1-10(7-15(13)19)9-20-6-5-11-2-3-12(17)8-14(11)18/h1-4,7-8,20H,5-6,9H2. The highest BCUT2D eigenvalue weighted by molar-refractivity contribution is 9.10. The van der Waals surface area contributed by atoms with Crippen molar-refractivity contribution in [2.75, 3.05) is 6.54 Å². The molecule has 0 fully saturated rings. The zero-order chi connectivity index (χ0) is 14.5. The van der Waals surface area contributed by atoms with Gasteiger partial charge in [-0.3, -0.25) is 0 Å². The summed E-state index contributed by atoms with van der Waals surface area (Å²) in [6, 6.07) is 11.5. The molecule has 0 aromatic heterocycles. The van der Waals surface area contributed by atoms with Gasteiger partial charge in [-0.05, 0) is 64.3 Å². The van der Waals surface area contributed by atoms with E-state index >= 15 is 0 Å². The summed E-state index contributed by atoms with van der Waals surface area (Å²) >= 11 is 21.4. The summed E-state index contributed by atoms with van der Waals surface area (Å²) in [5.74, 6) is 0. The van der Waals surface area contributed by atoms with E-state index in [0.717, 1.165) is 40.1 Å². The van der Waals surface area contributed by atoms with E-state index in [1.807, 2.05) is 30.3 Å². The fourth-order valence-electron chi connectivity index (χ4n) is 1.83. The third kappa shape index (κ3) is 4.64. The topological polar surface area (TPSA) is 12.0 Å². The van der Waals surface area contributed by atoms with Crippen molar-refractivity contribution in [3.63, 3.8) is 0 Å². The smallest absolute Gasteiger partial charge is 0.0551 e. The quantitative estimate of drug-likeness (QED) is 0.639. The van der Waals surface area contributed by atoms with Crippen molar-refractivity contribution < 1.29 is 0 Å². The van der Waals surface area contributed by atoms with Crippen molar-refractivity contribution in [3.05, 3.63) is 67.1 Å². The van der Waals surface area contributed by atoms with Crippen LogP contribution in [0.1, 0.15) is 11.1 Å². The van der Waals surface area contributed by atoms with Crippen LogP contribution in [-0.2, 0) is 13.0 Å². The molecular formula is C15H13BrCl3N. The Morgan fingerprint density at radius 3 is 2.45 bits per heavy atom. The van der Waals surface area contributed by atoms with E-state index in [2.05, 4.69) is 21.2 Å². The largest absolute Gasteiger partial charge is 0.312 e. The molecule has 1 N–H and O–H groups in total. The summed E-state index contributed by atoms with van der Waals surface area (Å²) in [6.07, 6.45) is 0.861. The lowest BCUT2D eigenvalue weighted by Gasteiger charge is -2.08. The van der Waals surface area contributed by atoms with Crippen LogP contribution in [0.5, 0.6) is 0 Å². The lowest BCUT2D eigenvalue weighted by molar-refractivity contribution is 0.687. The highest BCUT2D eigenvalue weighted by Gasteiger charge is 2.02. The normalized spacial score (nSPS) is 10.8. The predicted octanol–water partition coefficient (Wildman–Crippen LogP) is 5.74. The molecule has 0 radical (unpaired) electrons. The molecule has 0 saturated heterocycles. The summed E-state index contributed by atoms with van der Waals surface area (Å²) in [4.78, 5) is 0. The van der Waals surface area contributed by atoms with Gasteiger partial charge < -0.3 is 5.32 Å². The molecule has 1 nitrogen and oxygen atoms in total. The Hall–Kier alpha value is -0.250. The first-order valence-electron chi connectivity index (χ1n) is 6.15. The monoisotopic (exact) mass is 391 g/mol. The molecule has 5 heteroatoms. The lowest BCUT2D eigenvalue weighted by Crippen LogP contribution is -2.16. The van der Waals surface area contributed by atoms with E-state index in [4.69, 9.17) is 34.8 Å². The second-order valence-electron chi connectivity index (χ2n) is 4.41. The summed E-state index contributed by atoms with van der Waals surface area (Å²) in [5.41, 5.74) is 2.25. The Morgan fingerprint density at radius 2 is 1.75 bits per heavy atom. The van der Waals surface area contributed by atoms with Gasteiger partial charge in [-0.15, -0.1) is 0 Å². The van der Waals surface area contributed by atoms with Crippen LogP contribution in [0.25, 0.3) is 0 Å². The summed E-state index contributed by atoms with van der Waals surface area (Å²) in [5, 5.41) is 5.48. The zero-order valence-electron chi connectivity index (χ0n) is 10.6. The Balaban J connectivity index is 1.82. The van der Waals surface area contributed by atoms with Crippen LogP contribution >= 0.6 is 50.7 Å². The van der Waals surface area contributed by atoms with Crippen LogP contribution < -0.4 is 5.32 Å². The molecule has 2 aromatic rings. The van der Waals surface area contributed by atoms with Crippen LogP contribution in [0.4, 0.5) is 0 Å². The molecule has 0 amide bonds. The molecule has 0 unspecified atom stereocenters. The van der Waals surface area contributed by atoms with E-state index in [1.165, 1.54) is 0 Å². The van der Waals surface area contributed by atoms with E-state index in [9.17, 15) is 0 Å². The number of nitrogens with one attached hydrogen (secondary N) is 1. The van der Waals surface area contributed by atoms with Gasteiger partial charge in [-0.25, -0.2) is 0 Å². The first-order chi connectivity index (χ1) is 9.56. The van der Waals surface area contributed by atoms with Crippen LogP contribution in [-0.4, -0.2) is 6.54 Å². The fourth-order valence-corrected chi connectivity index (χ4v) is 2.78. The Kier molecular flexibility index (Phi) is 6.19. The van der Waals surface area contributed by atoms with Gasteiger partial charge in [0.2, 0.25) is 0 Å². The molecule has 0 aliphatic heterocycles. The van der Waals surface area contributed by atoms with Gasteiger partial charge in [0.15, 0.2) is 0 Å². The molecule has 2 rings (SSSR count). The molecule has 0 aliphatic rings. The second kappa shape index (κ2) is 7.67. The minimum atomic E-state index is 0.663. The maximum Gasteiger partial charge on any atom is 0.0551 e. The summed E-state index contributed by atoms with van der Waals surface area (Å²) in [6.45, 7) is 1.62. The zero-order valence-corrected chi connectivity index (χ0v) is 14.5. The maximum atomic E-state index is 6.13. The van der Waals surface area contributed by atoms with Crippen LogP contribution in [0.2, 0.25) is 15.1 Å². The highest BCUT2D eigenvalue weighted by atomic mass is 79.9. The summed E-state index contributed by atoms with van der Waals surface area (Å²) in [7, 11) is 0. The van der Waals surface area contributed by atoms with Crippen molar-refractivity contribution in [2.24, 2.45) is 0 Å². The van der Waals surface area contributed by atoms with Gasteiger partial charge >= 0.3 is 0 Å². The molecule has 0 aliphatic carbocycles. The van der Waals surface area contributed by atoms with E-state index in [-0.39, 0.29) is 0 Å². The molecule has 0 saturated carbocycles. The van der Waals surface area contributed by atoms with Crippen molar-refractivity contribution in [2.45, 2.75) is 13.0 Å². The number of hydrogen-bond donors (Lipinski definition) is 1. The molecule has 0 atom stereocenters.